The van der Waals surface area contributed by atoms with Gasteiger partial charge in [-0.25, -0.2) is 8.42 Å². The van der Waals surface area contributed by atoms with Crippen molar-refractivity contribution in [1.29, 1.82) is 0 Å². The lowest BCUT2D eigenvalue weighted by molar-refractivity contribution is 0.100. The van der Waals surface area contributed by atoms with E-state index in [1.54, 1.807) is 31.4 Å². The van der Waals surface area contributed by atoms with Crippen LogP contribution in [0.4, 0.5) is 5.69 Å². The van der Waals surface area contributed by atoms with Crippen molar-refractivity contribution in [3.63, 3.8) is 0 Å². The number of amidine groups is 1. The van der Waals surface area contributed by atoms with Gasteiger partial charge in [0.15, 0.2) is 15.0 Å². The summed E-state index contributed by atoms with van der Waals surface area (Å²) in [4.78, 5) is 18.8. The number of rotatable bonds is 3. The van der Waals surface area contributed by atoms with Crippen LogP contribution in [0, 0.1) is 0 Å². The lowest BCUT2D eigenvalue weighted by Gasteiger charge is -2.24. The third kappa shape index (κ3) is 3.59. The largest absolute Gasteiger partial charge is 0.497 e. The molecule has 0 aliphatic carbocycles. The first-order chi connectivity index (χ1) is 13.0. The van der Waals surface area contributed by atoms with E-state index in [-0.39, 0.29) is 28.7 Å². The van der Waals surface area contributed by atoms with Crippen LogP contribution in [0.15, 0.2) is 59.6 Å². The zero-order chi connectivity index (χ0) is 19.0. The van der Waals surface area contributed by atoms with Crippen LogP contribution < -0.4 is 9.64 Å². The molecule has 2 saturated heterocycles. The number of hydrogen-bond acceptors (Lipinski definition) is 5. The van der Waals surface area contributed by atoms with Crippen LogP contribution in [0.25, 0.3) is 0 Å². The summed E-state index contributed by atoms with van der Waals surface area (Å²) in [6, 6.07) is 16.0. The Kier molecular flexibility index (Phi) is 4.69. The average Bonchev–Trinajstić information content (AvgIpc) is 3.13. The van der Waals surface area contributed by atoms with Crippen molar-refractivity contribution in [3.8, 4) is 5.75 Å². The maximum Gasteiger partial charge on any atom is 0.279 e. The van der Waals surface area contributed by atoms with Gasteiger partial charge in [0.2, 0.25) is 0 Å². The molecular formula is C19H18N2O4S2. The van der Waals surface area contributed by atoms with E-state index >= 15 is 0 Å². The zero-order valence-corrected chi connectivity index (χ0v) is 16.2. The number of aliphatic imine (C=N–C) groups is 1. The van der Waals surface area contributed by atoms with Gasteiger partial charge < -0.3 is 9.64 Å². The van der Waals surface area contributed by atoms with Crippen molar-refractivity contribution >= 4 is 38.4 Å². The molecule has 2 aromatic carbocycles. The Morgan fingerprint density at radius 1 is 1.15 bits per heavy atom. The van der Waals surface area contributed by atoms with E-state index in [4.69, 9.17) is 4.74 Å². The molecule has 0 saturated carbocycles. The van der Waals surface area contributed by atoms with Gasteiger partial charge in [-0.15, -0.1) is 0 Å². The van der Waals surface area contributed by atoms with Crippen molar-refractivity contribution in [2.45, 2.75) is 11.3 Å². The highest BCUT2D eigenvalue weighted by atomic mass is 32.2. The molecule has 2 atom stereocenters. The Balaban J connectivity index is 1.74. The van der Waals surface area contributed by atoms with Gasteiger partial charge in [-0.3, -0.25) is 4.79 Å². The second kappa shape index (κ2) is 7.01. The van der Waals surface area contributed by atoms with Gasteiger partial charge in [-0.2, -0.15) is 4.99 Å². The fourth-order valence-electron chi connectivity index (χ4n) is 3.36. The maximum atomic E-state index is 12.6. The first kappa shape index (κ1) is 18.1. The van der Waals surface area contributed by atoms with Gasteiger partial charge in [0, 0.05) is 22.6 Å². The van der Waals surface area contributed by atoms with E-state index in [9.17, 15) is 13.2 Å². The number of benzene rings is 2. The second-order valence-electron chi connectivity index (χ2n) is 6.44. The van der Waals surface area contributed by atoms with E-state index in [1.807, 2.05) is 35.2 Å². The molecule has 2 aromatic rings. The Morgan fingerprint density at radius 2 is 1.93 bits per heavy atom. The number of ether oxygens (including phenoxy) is 1. The Hall–Kier alpha value is -2.32. The molecule has 140 valence electrons. The molecule has 0 aromatic heterocycles. The minimum Gasteiger partial charge on any atom is -0.497 e. The summed E-state index contributed by atoms with van der Waals surface area (Å²) in [7, 11) is -1.52. The summed E-state index contributed by atoms with van der Waals surface area (Å²) < 4.78 is 29.5. The molecule has 4 rings (SSSR count). The smallest absolute Gasteiger partial charge is 0.279 e. The number of fused-ring (bicyclic) bond motifs is 1. The normalized spacial score (nSPS) is 24.8. The monoisotopic (exact) mass is 402 g/mol. The minimum absolute atomic E-state index is 0.0560. The van der Waals surface area contributed by atoms with E-state index in [2.05, 4.69) is 4.99 Å². The molecule has 0 unspecified atom stereocenters. The first-order valence-corrected chi connectivity index (χ1v) is 11.2. The van der Waals surface area contributed by atoms with Gasteiger partial charge >= 0.3 is 0 Å². The van der Waals surface area contributed by atoms with Crippen LogP contribution >= 0.6 is 11.8 Å². The van der Waals surface area contributed by atoms with Gasteiger partial charge in [0.1, 0.15) is 5.75 Å². The first-order valence-electron chi connectivity index (χ1n) is 8.45. The number of hydrogen-bond donors (Lipinski definition) is 0. The van der Waals surface area contributed by atoms with E-state index < -0.39 is 9.84 Å². The highest BCUT2D eigenvalue weighted by Gasteiger charge is 2.49. The summed E-state index contributed by atoms with van der Waals surface area (Å²) in [5.41, 5.74) is 1.27. The molecule has 27 heavy (non-hydrogen) atoms. The van der Waals surface area contributed by atoms with Crippen LogP contribution in [0.2, 0.25) is 0 Å². The molecule has 0 radical (unpaired) electrons. The lowest BCUT2D eigenvalue weighted by Crippen LogP contribution is -2.37. The quantitative estimate of drug-likeness (QED) is 0.786. The highest BCUT2D eigenvalue weighted by molar-refractivity contribution is 8.16. The number of methoxy groups -OCH3 is 1. The van der Waals surface area contributed by atoms with Crippen molar-refractivity contribution in [2.24, 2.45) is 4.99 Å². The van der Waals surface area contributed by atoms with E-state index in [1.165, 1.54) is 11.8 Å². The minimum atomic E-state index is -3.10. The molecule has 1 amide bonds. The highest BCUT2D eigenvalue weighted by Crippen LogP contribution is 2.41. The van der Waals surface area contributed by atoms with Crippen LogP contribution in [-0.4, -0.2) is 49.4 Å². The fourth-order valence-corrected chi connectivity index (χ4v) is 7.27. The molecule has 8 heteroatoms. The standard InChI is InChI=1S/C19H18N2O4S2/c1-25-15-9-5-8-14(10-15)21-16-11-27(23,24)12-17(16)26-19(21)20-18(22)13-6-3-2-4-7-13/h2-10,16-17H,11-12H2,1H3/t16-,17+/m1/s1. The number of anilines is 1. The Labute approximate surface area is 162 Å². The van der Waals surface area contributed by atoms with Crippen molar-refractivity contribution in [3.05, 3.63) is 60.2 Å². The van der Waals surface area contributed by atoms with Crippen LogP contribution in [0.1, 0.15) is 10.4 Å². The number of thioether (sulfide) groups is 1. The third-order valence-electron chi connectivity index (χ3n) is 4.62. The molecule has 6 nitrogen and oxygen atoms in total. The van der Waals surface area contributed by atoms with Gasteiger partial charge in [0.25, 0.3) is 5.91 Å². The molecule has 0 spiro atoms. The maximum absolute atomic E-state index is 12.6. The molecule has 2 aliphatic heterocycles. The molecular weight excluding hydrogens is 384 g/mol. The Morgan fingerprint density at radius 3 is 2.67 bits per heavy atom. The topological polar surface area (TPSA) is 76.0 Å². The van der Waals surface area contributed by atoms with E-state index in [0.717, 1.165) is 5.69 Å². The molecule has 2 aliphatic rings. The lowest BCUT2D eigenvalue weighted by atomic mass is 10.2. The summed E-state index contributed by atoms with van der Waals surface area (Å²) >= 11 is 1.36. The Bertz CT molecular complexity index is 1010. The summed E-state index contributed by atoms with van der Waals surface area (Å²) in [6.07, 6.45) is 0. The fraction of sp³-hybridized carbons (Fsp3) is 0.263. The third-order valence-corrected chi connectivity index (χ3v) is 7.83. The number of carbonyl (C=O) groups is 1. The van der Waals surface area contributed by atoms with Crippen LogP contribution in [0.5, 0.6) is 5.75 Å². The van der Waals surface area contributed by atoms with Gasteiger partial charge in [0.05, 0.1) is 24.7 Å². The van der Waals surface area contributed by atoms with Crippen LogP contribution in [-0.2, 0) is 9.84 Å². The predicted molar refractivity (Wildman–Crippen MR) is 108 cm³/mol. The molecule has 2 fully saturated rings. The predicted octanol–water partition coefficient (Wildman–Crippen LogP) is 2.61. The van der Waals surface area contributed by atoms with Crippen LogP contribution in [0.3, 0.4) is 0 Å². The number of amides is 1. The second-order valence-corrected chi connectivity index (χ2v) is 9.80. The summed E-state index contributed by atoms with van der Waals surface area (Å²) in [5.74, 6) is 0.478. The van der Waals surface area contributed by atoms with Crippen molar-refractivity contribution in [2.75, 3.05) is 23.5 Å². The van der Waals surface area contributed by atoms with Crippen molar-refractivity contribution < 1.29 is 17.9 Å². The SMILES string of the molecule is COc1cccc(N2C(=NC(=O)c3ccccc3)S[C@H]3CS(=O)(=O)C[C@H]32)c1. The van der Waals surface area contributed by atoms with E-state index in [0.29, 0.717) is 16.5 Å². The van der Waals surface area contributed by atoms with Gasteiger partial charge in [-0.05, 0) is 24.3 Å². The molecule has 2 heterocycles. The van der Waals surface area contributed by atoms with Crippen molar-refractivity contribution in [1.82, 2.24) is 0 Å². The molecule has 0 bridgehead atoms. The number of sulfone groups is 1. The zero-order valence-electron chi connectivity index (χ0n) is 14.6. The number of carbonyl (C=O) groups excluding carboxylic acids is 1. The van der Waals surface area contributed by atoms with Gasteiger partial charge in [-0.1, -0.05) is 36.0 Å². The average molecular weight is 402 g/mol. The summed E-state index contributed by atoms with van der Waals surface area (Å²) in [6.45, 7) is 0. The number of nitrogens with zero attached hydrogens (tertiary/aromatic N) is 2. The molecule has 0 N–H and O–H groups in total. The summed E-state index contributed by atoms with van der Waals surface area (Å²) in [5, 5.41) is 0.394.